The Morgan fingerprint density at radius 2 is 2.03 bits per heavy atom. The third kappa shape index (κ3) is 4.48. The summed E-state index contributed by atoms with van der Waals surface area (Å²) in [4.78, 5) is 15.3. The molecule has 1 aromatic carbocycles. The van der Waals surface area contributed by atoms with Crippen LogP contribution in [0.2, 0.25) is 0 Å². The number of rotatable bonds is 4. The minimum absolute atomic E-state index is 0.0132. The monoisotopic (exact) mass is 396 g/mol. The van der Waals surface area contributed by atoms with Crippen LogP contribution in [0.5, 0.6) is 0 Å². The Balaban J connectivity index is 1.42. The van der Waals surface area contributed by atoms with Gasteiger partial charge in [0.1, 0.15) is 5.82 Å². The van der Waals surface area contributed by atoms with Crippen molar-refractivity contribution in [3.63, 3.8) is 0 Å². The molecule has 1 aromatic heterocycles. The molecule has 0 spiro atoms. The van der Waals surface area contributed by atoms with E-state index in [0.717, 1.165) is 36.1 Å². The number of aromatic nitrogens is 1. The molecule has 2 aliphatic carbocycles. The summed E-state index contributed by atoms with van der Waals surface area (Å²) < 4.78 is 13.4. The van der Waals surface area contributed by atoms with Gasteiger partial charge in [-0.1, -0.05) is 24.3 Å². The van der Waals surface area contributed by atoms with Crippen LogP contribution in [0.1, 0.15) is 31.4 Å². The zero-order chi connectivity index (χ0) is 20.4. The highest BCUT2D eigenvalue weighted by atomic mass is 19.1. The molecule has 2 fully saturated rings. The molecular formula is C23H25FN2O3. The Morgan fingerprint density at radius 3 is 2.76 bits per heavy atom. The Bertz CT molecular complexity index is 899. The van der Waals surface area contributed by atoms with E-state index in [1.807, 2.05) is 30.4 Å². The predicted octanol–water partition coefficient (Wildman–Crippen LogP) is 4.33. The summed E-state index contributed by atoms with van der Waals surface area (Å²) in [6.07, 6.45) is 7.55. The number of fused-ring (bicyclic) bond motifs is 1. The number of nitrogens with one attached hydrogen (secondary N) is 1. The van der Waals surface area contributed by atoms with Gasteiger partial charge in [-0.3, -0.25) is 4.98 Å². The van der Waals surface area contributed by atoms with Crippen molar-refractivity contribution >= 4 is 12.2 Å². The summed E-state index contributed by atoms with van der Waals surface area (Å²) in [6.45, 7) is 0. The maximum absolute atomic E-state index is 13.4. The molecule has 1 heterocycles. The van der Waals surface area contributed by atoms with Crippen molar-refractivity contribution in [2.24, 2.45) is 17.8 Å². The number of hydrogen-bond acceptors (Lipinski definition) is 3. The van der Waals surface area contributed by atoms with Gasteiger partial charge >= 0.3 is 6.09 Å². The van der Waals surface area contributed by atoms with Crippen molar-refractivity contribution in [2.45, 2.75) is 37.8 Å². The fourth-order valence-electron chi connectivity index (χ4n) is 4.95. The molecule has 0 saturated heterocycles. The van der Waals surface area contributed by atoms with Gasteiger partial charge in [0.15, 0.2) is 0 Å². The van der Waals surface area contributed by atoms with Gasteiger partial charge in [-0.15, -0.1) is 0 Å². The summed E-state index contributed by atoms with van der Waals surface area (Å²) in [5.41, 5.74) is 2.43. The van der Waals surface area contributed by atoms with Gasteiger partial charge in [-0.05, 0) is 67.4 Å². The second-order valence-electron chi connectivity index (χ2n) is 8.11. The number of aliphatic hydroxyl groups is 1. The average molecular weight is 396 g/mol. The topological polar surface area (TPSA) is 82.5 Å². The first-order chi connectivity index (χ1) is 14.0. The van der Waals surface area contributed by atoms with Crippen LogP contribution in [0.15, 0.2) is 48.7 Å². The van der Waals surface area contributed by atoms with Crippen LogP contribution in [-0.4, -0.2) is 33.4 Å². The van der Waals surface area contributed by atoms with E-state index in [1.54, 1.807) is 12.3 Å². The molecule has 1 amide bonds. The van der Waals surface area contributed by atoms with E-state index in [9.17, 15) is 14.3 Å². The summed E-state index contributed by atoms with van der Waals surface area (Å²) in [5.74, 6) is 0.508. The number of benzene rings is 1. The Kier molecular flexibility index (Phi) is 5.62. The van der Waals surface area contributed by atoms with Gasteiger partial charge in [-0.2, -0.15) is 0 Å². The Labute approximate surface area is 169 Å². The third-order valence-electron chi connectivity index (χ3n) is 6.29. The van der Waals surface area contributed by atoms with Crippen molar-refractivity contribution < 1.29 is 19.4 Å². The summed E-state index contributed by atoms with van der Waals surface area (Å²) in [6, 6.07) is 10.2. The summed E-state index contributed by atoms with van der Waals surface area (Å²) in [5, 5.41) is 22.1. The lowest BCUT2D eigenvalue weighted by Gasteiger charge is -2.33. The zero-order valence-corrected chi connectivity index (χ0v) is 16.0. The first kappa shape index (κ1) is 19.6. The largest absolute Gasteiger partial charge is 0.465 e. The van der Waals surface area contributed by atoms with Crippen molar-refractivity contribution in [1.29, 1.82) is 0 Å². The number of halogens is 1. The van der Waals surface area contributed by atoms with Gasteiger partial charge < -0.3 is 15.5 Å². The lowest BCUT2D eigenvalue weighted by Crippen LogP contribution is -2.39. The quantitative estimate of drug-likeness (QED) is 0.718. The lowest BCUT2D eigenvalue weighted by atomic mass is 9.76. The Morgan fingerprint density at radius 1 is 1.17 bits per heavy atom. The van der Waals surface area contributed by atoms with Crippen molar-refractivity contribution in [3.05, 3.63) is 60.2 Å². The minimum atomic E-state index is -0.976. The standard InChI is InChI=1S/C23H25FN2O3/c24-17-3-1-2-14(10-17)15-4-5-18(25-13-15)6-9-21-20-8-7-19(26-23(28)29)11-16(20)12-22(21)27/h1-6,9-10,13,16,19-22,26-27H,7-8,11-12H2,(H,28,29)/t16-,19?,20-,21+,22-/m1/s1. The van der Waals surface area contributed by atoms with E-state index in [-0.39, 0.29) is 17.8 Å². The maximum atomic E-state index is 13.4. The second kappa shape index (κ2) is 8.33. The number of hydrogen-bond donors (Lipinski definition) is 3. The average Bonchev–Trinajstić information content (AvgIpc) is 3.00. The fourth-order valence-corrected chi connectivity index (χ4v) is 4.95. The van der Waals surface area contributed by atoms with Crippen molar-refractivity contribution in [3.8, 4) is 11.1 Å². The van der Waals surface area contributed by atoms with Gasteiger partial charge in [0.2, 0.25) is 0 Å². The zero-order valence-electron chi connectivity index (χ0n) is 16.0. The first-order valence-corrected chi connectivity index (χ1v) is 10.1. The van der Waals surface area contributed by atoms with Crippen LogP contribution in [-0.2, 0) is 0 Å². The normalized spacial score (nSPS) is 29.0. The number of nitrogens with zero attached hydrogens (tertiary/aromatic N) is 1. The highest BCUT2D eigenvalue weighted by Crippen LogP contribution is 2.46. The Hall–Kier alpha value is -2.73. The summed E-state index contributed by atoms with van der Waals surface area (Å²) >= 11 is 0. The predicted molar refractivity (Wildman–Crippen MR) is 109 cm³/mol. The minimum Gasteiger partial charge on any atom is -0.465 e. The van der Waals surface area contributed by atoms with Crippen LogP contribution in [0.25, 0.3) is 17.2 Å². The first-order valence-electron chi connectivity index (χ1n) is 10.1. The van der Waals surface area contributed by atoms with E-state index < -0.39 is 12.2 Å². The van der Waals surface area contributed by atoms with Crippen LogP contribution in [0.3, 0.4) is 0 Å². The number of carboxylic acid groups (broad SMARTS) is 1. The number of carbonyl (C=O) groups is 1. The fraction of sp³-hybridized carbons (Fsp3) is 0.391. The van der Waals surface area contributed by atoms with Crippen LogP contribution >= 0.6 is 0 Å². The number of aliphatic hydroxyl groups excluding tert-OH is 1. The van der Waals surface area contributed by atoms with E-state index in [4.69, 9.17) is 5.11 Å². The smallest absolute Gasteiger partial charge is 0.404 e. The van der Waals surface area contributed by atoms with Gasteiger partial charge in [0.05, 0.1) is 11.8 Å². The number of amides is 1. The van der Waals surface area contributed by atoms with E-state index in [0.29, 0.717) is 18.3 Å². The van der Waals surface area contributed by atoms with Crippen molar-refractivity contribution in [2.75, 3.05) is 0 Å². The number of pyridine rings is 1. The summed E-state index contributed by atoms with van der Waals surface area (Å²) in [7, 11) is 0. The van der Waals surface area contributed by atoms with Gasteiger partial charge in [0.25, 0.3) is 0 Å². The molecule has 2 saturated carbocycles. The van der Waals surface area contributed by atoms with Gasteiger partial charge in [-0.25, -0.2) is 9.18 Å². The molecule has 5 nitrogen and oxygen atoms in total. The molecule has 5 atom stereocenters. The van der Waals surface area contributed by atoms with Crippen molar-refractivity contribution in [1.82, 2.24) is 10.3 Å². The van der Waals surface area contributed by atoms with Crippen LogP contribution < -0.4 is 5.32 Å². The van der Waals surface area contributed by atoms with E-state index >= 15 is 0 Å². The van der Waals surface area contributed by atoms with E-state index in [1.165, 1.54) is 12.1 Å². The molecule has 29 heavy (non-hydrogen) atoms. The molecule has 2 aliphatic rings. The SMILES string of the molecule is O=C(O)NC1CC[C@@H]2[C@H](C1)C[C@@H](O)[C@H]2C=Cc1ccc(-c2cccc(F)c2)cn1. The molecule has 0 bridgehead atoms. The molecule has 0 radical (unpaired) electrons. The lowest BCUT2D eigenvalue weighted by molar-refractivity contribution is 0.138. The molecule has 1 unspecified atom stereocenters. The van der Waals surface area contributed by atoms with Crippen LogP contribution in [0.4, 0.5) is 9.18 Å². The third-order valence-corrected chi connectivity index (χ3v) is 6.29. The van der Waals surface area contributed by atoms with Gasteiger partial charge in [0, 0.05) is 23.7 Å². The highest BCUT2D eigenvalue weighted by Gasteiger charge is 2.44. The molecule has 2 aromatic rings. The molecule has 152 valence electrons. The molecule has 6 heteroatoms. The molecular weight excluding hydrogens is 371 g/mol. The molecule has 0 aliphatic heterocycles. The molecule has 4 rings (SSSR count). The highest BCUT2D eigenvalue weighted by molar-refractivity contribution is 5.65. The molecule has 3 N–H and O–H groups in total. The van der Waals surface area contributed by atoms with Crippen LogP contribution in [0, 0.1) is 23.6 Å². The van der Waals surface area contributed by atoms with E-state index in [2.05, 4.69) is 10.3 Å². The second-order valence-corrected chi connectivity index (χ2v) is 8.11. The maximum Gasteiger partial charge on any atom is 0.404 e.